The van der Waals surface area contributed by atoms with Crippen LogP contribution >= 0.6 is 0 Å². The van der Waals surface area contributed by atoms with E-state index in [-0.39, 0.29) is 30.3 Å². The minimum atomic E-state index is -0.108. The molecule has 1 aliphatic carbocycles. The summed E-state index contributed by atoms with van der Waals surface area (Å²) in [5, 5.41) is 2.69. The van der Waals surface area contributed by atoms with E-state index >= 15 is 0 Å². The Morgan fingerprint density at radius 3 is 2.71 bits per heavy atom. The highest BCUT2D eigenvalue weighted by atomic mass is 16.2. The molecule has 1 fully saturated rings. The average molecular weight is 241 g/mol. The number of carbonyl (C=O) groups excluding carboxylic acids is 2. The van der Waals surface area contributed by atoms with E-state index < -0.39 is 0 Å². The SMILES string of the molecule is CCNC(=O)CN(C)C(=O)C1CCCC(N)C1. The first-order chi connectivity index (χ1) is 8.04. The zero-order valence-corrected chi connectivity index (χ0v) is 10.7. The summed E-state index contributed by atoms with van der Waals surface area (Å²) in [5.74, 6) is -0.0620. The van der Waals surface area contributed by atoms with Crippen LogP contribution in [-0.2, 0) is 9.59 Å². The third kappa shape index (κ3) is 4.34. The van der Waals surface area contributed by atoms with Crippen molar-refractivity contribution in [2.45, 2.75) is 38.6 Å². The zero-order chi connectivity index (χ0) is 12.8. The van der Waals surface area contributed by atoms with Gasteiger partial charge in [0.15, 0.2) is 0 Å². The first-order valence-corrected chi connectivity index (χ1v) is 6.31. The van der Waals surface area contributed by atoms with Gasteiger partial charge in [-0.15, -0.1) is 0 Å². The number of hydrogen-bond acceptors (Lipinski definition) is 3. The molecule has 5 nitrogen and oxygen atoms in total. The maximum atomic E-state index is 12.1. The van der Waals surface area contributed by atoms with E-state index in [1.165, 1.54) is 4.90 Å². The highest BCUT2D eigenvalue weighted by molar-refractivity contribution is 5.85. The maximum Gasteiger partial charge on any atom is 0.239 e. The Balaban J connectivity index is 2.42. The summed E-state index contributed by atoms with van der Waals surface area (Å²) < 4.78 is 0. The predicted molar refractivity (Wildman–Crippen MR) is 66.3 cm³/mol. The van der Waals surface area contributed by atoms with Gasteiger partial charge in [-0.2, -0.15) is 0 Å². The van der Waals surface area contributed by atoms with Gasteiger partial charge in [-0.3, -0.25) is 9.59 Å². The Hall–Kier alpha value is -1.10. The van der Waals surface area contributed by atoms with Crippen molar-refractivity contribution < 1.29 is 9.59 Å². The number of amides is 2. The summed E-state index contributed by atoms with van der Waals surface area (Å²) in [6, 6.07) is 0.135. The third-order valence-corrected chi connectivity index (χ3v) is 3.19. The van der Waals surface area contributed by atoms with Crippen molar-refractivity contribution in [2.24, 2.45) is 11.7 Å². The molecule has 5 heteroatoms. The van der Waals surface area contributed by atoms with Gasteiger partial charge in [0.05, 0.1) is 6.54 Å². The van der Waals surface area contributed by atoms with Crippen molar-refractivity contribution in [1.82, 2.24) is 10.2 Å². The van der Waals surface area contributed by atoms with Gasteiger partial charge in [0.1, 0.15) is 0 Å². The lowest BCUT2D eigenvalue weighted by Gasteiger charge is -2.29. The van der Waals surface area contributed by atoms with Crippen LogP contribution < -0.4 is 11.1 Å². The maximum absolute atomic E-state index is 12.1. The van der Waals surface area contributed by atoms with Gasteiger partial charge >= 0.3 is 0 Å². The Labute approximate surface area is 103 Å². The van der Waals surface area contributed by atoms with Crippen LogP contribution in [0, 0.1) is 5.92 Å². The topological polar surface area (TPSA) is 75.4 Å². The van der Waals surface area contributed by atoms with E-state index in [9.17, 15) is 9.59 Å². The van der Waals surface area contributed by atoms with E-state index in [1.807, 2.05) is 6.92 Å². The third-order valence-electron chi connectivity index (χ3n) is 3.19. The second-order valence-electron chi connectivity index (χ2n) is 4.77. The van der Waals surface area contributed by atoms with Crippen LogP contribution in [0.5, 0.6) is 0 Å². The Morgan fingerprint density at radius 1 is 1.41 bits per heavy atom. The molecule has 2 amide bonds. The Kier molecular flexibility index (Phi) is 5.41. The molecule has 0 aromatic carbocycles. The smallest absolute Gasteiger partial charge is 0.239 e. The number of nitrogens with one attached hydrogen (secondary N) is 1. The quantitative estimate of drug-likeness (QED) is 0.733. The number of likely N-dealkylation sites (N-methyl/N-ethyl adjacent to an activating group) is 2. The summed E-state index contributed by atoms with van der Waals surface area (Å²) in [6.07, 6.45) is 3.65. The molecule has 0 radical (unpaired) electrons. The first kappa shape index (κ1) is 14.0. The van der Waals surface area contributed by atoms with Crippen LogP contribution in [0.4, 0.5) is 0 Å². The molecule has 3 N–H and O–H groups in total. The largest absolute Gasteiger partial charge is 0.355 e. The minimum absolute atomic E-state index is 0.00169. The van der Waals surface area contributed by atoms with E-state index in [1.54, 1.807) is 7.05 Å². The molecule has 2 atom stereocenters. The molecule has 0 aliphatic heterocycles. The van der Waals surface area contributed by atoms with Gasteiger partial charge in [-0.1, -0.05) is 6.42 Å². The molecule has 1 rings (SSSR count). The lowest BCUT2D eigenvalue weighted by atomic mass is 9.85. The molecule has 0 heterocycles. The standard InChI is InChI=1S/C12H23N3O2/c1-3-14-11(16)8-15(2)12(17)9-5-4-6-10(13)7-9/h9-10H,3-8,13H2,1-2H3,(H,14,16). The van der Waals surface area contributed by atoms with Crippen LogP contribution in [0.25, 0.3) is 0 Å². The van der Waals surface area contributed by atoms with Gasteiger partial charge < -0.3 is 16.0 Å². The predicted octanol–water partition coefficient (Wildman–Crippen LogP) is 0.0984. The fraction of sp³-hybridized carbons (Fsp3) is 0.833. The summed E-state index contributed by atoms with van der Waals surface area (Å²) in [7, 11) is 1.68. The van der Waals surface area contributed by atoms with Gasteiger partial charge in [0.25, 0.3) is 0 Å². The highest BCUT2D eigenvalue weighted by Crippen LogP contribution is 2.24. The van der Waals surface area contributed by atoms with Gasteiger partial charge in [0, 0.05) is 25.6 Å². The fourth-order valence-electron chi connectivity index (χ4n) is 2.31. The fourth-order valence-corrected chi connectivity index (χ4v) is 2.31. The van der Waals surface area contributed by atoms with E-state index in [0.717, 1.165) is 25.7 Å². The molecule has 1 aliphatic rings. The Bertz CT molecular complexity index is 281. The van der Waals surface area contributed by atoms with Crippen molar-refractivity contribution in [3.8, 4) is 0 Å². The van der Waals surface area contributed by atoms with Gasteiger partial charge in [-0.05, 0) is 26.2 Å². The molecule has 0 aromatic heterocycles. The summed E-state index contributed by atoms with van der Waals surface area (Å²) in [6.45, 7) is 2.59. The molecule has 2 unspecified atom stereocenters. The first-order valence-electron chi connectivity index (χ1n) is 6.31. The van der Waals surface area contributed by atoms with Crippen molar-refractivity contribution in [3.63, 3.8) is 0 Å². The van der Waals surface area contributed by atoms with Crippen molar-refractivity contribution in [2.75, 3.05) is 20.1 Å². The molecule has 0 spiro atoms. The van der Waals surface area contributed by atoms with Crippen LogP contribution in [0.1, 0.15) is 32.6 Å². The monoisotopic (exact) mass is 241 g/mol. The molecule has 98 valence electrons. The minimum Gasteiger partial charge on any atom is -0.355 e. The molecule has 17 heavy (non-hydrogen) atoms. The van der Waals surface area contributed by atoms with Crippen LogP contribution in [0.2, 0.25) is 0 Å². The average Bonchev–Trinajstić information content (AvgIpc) is 2.28. The van der Waals surface area contributed by atoms with E-state index in [4.69, 9.17) is 5.73 Å². The highest BCUT2D eigenvalue weighted by Gasteiger charge is 2.28. The molecule has 0 bridgehead atoms. The summed E-state index contributed by atoms with van der Waals surface area (Å²) in [4.78, 5) is 25.0. The lowest BCUT2D eigenvalue weighted by Crippen LogP contribution is -2.43. The second-order valence-corrected chi connectivity index (χ2v) is 4.77. The molecule has 0 saturated heterocycles. The number of carbonyl (C=O) groups is 2. The number of hydrogen-bond donors (Lipinski definition) is 2. The number of rotatable bonds is 4. The van der Waals surface area contributed by atoms with Crippen molar-refractivity contribution in [3.05, 3.63) is 0 Å². The summed E-state index contributed by atoms with van der Waals surface area (Å²) >= 11 is 0. The number of nitrogens with zero attached hydrogens (tertiary/aromatic N) is 1. The lowest BCUT2D eigenvalue weighted by molar-refractivity contribution is -0.139. The van der Waals surface area contributed by atoms with Gasteiger partial charge in [0.2, 0.25) is 11.8 Å². The normalized spacial score (nSPS) is 24.2. The van der Waals surface area contributed by atoms with E-state index in [2.05, 4.69) is 5.32 Å². The Morgan fingerprint density at radius 2 is 2.12 bits per heavy atom. The second kappa shape index (κ2) is 6.59. The molecule has 0 aromatic rings. The van der Waals surface area contributed by atoms with Crippen molar-refractivity contribution in [1.29, 1.82) is 0 Å². The molecular formula is C12H23N3O2. The van der Waals surface area contributed by atoms with Crippen LogP contribution in [-0.4, -0.2) is 42.9 Å². The van der Waals surface area contributed by atoms with E-state index in [0.29, 0.717) is 6.54 Å². The molecule has 1 saturated carbocycles. The number of nitrogens with two attached hydrogens (primary N) is 1. The molecular weight excluding hydrogens is 218 g/mol. The van der Waals surface area contributed by atoms with Gasteiger partial charge in [-0.25, -0.2) is 0 Å². The van der Waals surface area contributed by atoms with Crippen molar-refractivity contribution >= 4 is 11.8 Å². The van der Waals surface area contributed by atoms with Crippen LogP contribution in [0.15, 0.2) is 0 Å². The van der Waals surface area contributed by atoms with Crippen LogP contribution in [0.3, 0.4) is 0 Å². The zero-order valence-electron chi connectivity index (χ0n) is 10.7. The summed E-state index contributed by atoms with van der Waals surface area (Å²) in [5.41, 5.74) is 5.86.